The first-order valence-corrected chi connectivity index (χ1v) is 5.11. The van der Waals surface area contributed by atoms with Crippen LogP contribution in [0.5, 0.6) is 0 Å². The lowest BCUT2D eigenvalue weighted by Gasteiger charge is -2.11. The van der Waals surface area contributed by atoms with Crippen LogP contribution in [0, 0.1) is 0 Å². The van der Waals surface area contributed by atoms with Crippen molar-refractivity contribution in [3.05, 3.63) is 29.3 Å². The van der Waals surface area contributed by atoms with Gasteiger partial charge in [-0.3, -0.25) is 14.3 Å². The molecular weight excluding hydrogens is 211 g/mol. The van der Waals surface area contributed by atoms with Gasteiger partial charge in [-0.25, -0.2) is 0 Å². The lowest BCUT2D eigenvalue weighted by molar-refractivity contribution is -0.124. The van der Waals surface area contributed by atoms with E-state index < -0.39 is 0 Å². The lowest BCUT2D eigenvalue weighted by atomic mass is 10.0. The first-order chi connectivity index (χ1) is 7.09. The van der Waals surface area contributed by atoms with Crippen LogP contribution in [0.4, 0.5) is 5.69 Å². The molecule has 1 aliphatic heterocycles. The molecule has 0 radical (unpaired) electrons. The summed E-state index contributed by atoms with van der Waals surface area (Å²) in [5.74, 6) is -0.461. The van der Waals surface area contributed by atoms with Gasteiger partial charge in [-0.2, -0.15) is 0 Å². The molecule has 0 saturated heterocycles. The molecule has 2 rings (SSSR count). The van der Waals surface area contributed by atoms with Gasteiger partial charge in [0.1, 0.15) is 0 Å². The van der Waals surface area contributed by atoms with Gasteiger partial charge in [-0.15, -0.1) is 0 Å². The summed E-state index contributed by atoms with van der Waals surface area (Å²) in [5.41, 5.74) is 7.66. The minimum Gasteiger partial charge on any atom is -0.399 e. The van der Waals surface area contributed by atoms with E-state index in [1.807, 2.05) is 0 Å². The van der Waals surface area contributed by atoms with Crippen molar-refractivity contribution in [2.75, 3.05) is 5.73 Å². The molecular formula is C10H11N2O2P. The van der Waals surface area contributed by atoms with Crippen LogP contribution in [0.3, 0.4) is 0 Å². The van der Waals surface area contributed by atoms with Crippen molar-refractivity contribution >= 4 is 26.9 Å². The number of hydrogen-bond donors (Lipinski definition) is 1. The molecule has 0 aliphatic carbocycles. The molecule has 0 saturated carbocycles. The zero-order valence-corrected chi connectivity index (χ0v) is 9.22. The molecule has 1 aromatic rings. The summed E-state index contributed by atoms with van der Waals surface area (Å²) in [5, 5.41) is 0. The molecule has 0 fully saturated rings. The fraction of sp³-hybridized carbons (Fsp3) is 0.200. The monoisotopic (exact) mass is 222 g/mol. The number of benzene rings is 1. The number of anilines is 1. The van der Waals surface area contributed by atoms with Gasteiger partial charge in [0, 0.05) is 17.7 Å². The molecule has 4 nitrogen and oxygen atoms in total. The molecule has 5 heteroatoms. The SMILES string of the molecule is Nc1ccc2c(c1)CCC(=O)N(P)C2=O. The molecule has 1 aliphatic rings. The maximum Gasteiger partial charge on any atom is 0.263 e. The highest BCUT2D eigenvalue weighted by atomic mass is 31.0. The topological polar surface area (TPSA) is 63.4 Å². The maximum atomic E-state index is 11.8. The van der Waals surface area contributed by atoms with Crippen LogP contribution < -0.4 is 5.73 Å². The van der Waals surface area contributed by atoms with E-state index in [2.05, 4.69) is 9.39 Å². The normalized spacial score (nSPS) is 16.2. The Balaban J connectivity index is 2.52. The second kappa shape index (κ2) is 3.63. The minimum absolute atomic E-state index is 0.181. The van der Waals surface area contributed by atoms with Crippen LogP contribution in [-0.4, -0.2) is 16.5 Å². The second-order valence-corrected chi connectivity index (χ2v) is 4.00. The van der Waals surface area contributed by atoms with Gasteiger partial charge in [-0.1, -0.05) is 0 Å². The fourth-order valence-corrected chi connectivity index (χ4v) is 1.90. The first-order valence-electron chi connectivity index (χ1n) is 4.60. The predicted octanol–water partition coefficient (Wildman–Crippen LogP) is 0.974. The Kier molecular flexibility index (Phi) is 2.45. The van der Waals surface area contributed by atoms with Crippen LogP contribution in [0.15, 0.2) is 18.2 Å². The summed E-state index contributed by atoms with van der Waals surface area (Å²) in [4.78, 5) is 23.2. The third-order valence-electron chi connectivity index (χ3n) is 2.46. The Morgan fingerprint density at radius 2 is 2.00 bits per heavy atom. The van der Waals surface area contributed by atoms with E-state index in [4.69, 9.17) is 5.73 Å². The summed E-state index contributed by atoms with van der Waals surface area (Å²) in [6.45, 7) is 0. The van der Waals surface area contributed by atoms with Crippen molar-refractivity contribution < 1.29 is 9.59 Å². The molecule has 15 heavy (non-hydrogen) atoms. The number of carbonyl (C=O) groups is 2. The van der Waals surface area contributed by atoms with Crippen molar-refractivity contribution in [2.24, 2.45) is 0 Å². The van der Waals surface area contributed by atoms with Gasteiger partial charge in [-0.05, 0) is 39.6 Å². The van der Waals surface area contributed by atoms with Crippen LogP contribution in [0.25, 0.3) is 0 Å². The van der Waals surface area contributed by atoms with E-state index in [1.165, 1.54) is 0 Å². The molecule has 78 valence electrons. The summed E-state index contributed by atoms with van der Waals surface area (Å²) < 4.78 is 1.09. The Bertz CT molecular complexity index is 445. The van der Waals surface area contributed by atoms with Gasteiger partial charge in [0.25, 0.3) is 5.91 Å². The molecule has 1 unspecified atom stereocenters. The Morgan fingerprint density at radius 1 is 1.27 bits per heavy atom. The number of nitrogens with two attached hydrogens (primary N) is 1. The molecule has 0 aromatic heterocycles. The lowest BCUT2D eigenvalue weighted by Crippen LogP contribution is -2.25. The largest absolute Gasteiger partial charge is 0.399 e. The molecule has 2 amide bonds. The molecule has 1 aromatic carbocycles. The highest BCUT2D eigenvalue weighted by molar-refractivity contribution is 7.16. The average molecular weight is 222 g/mol. The van der Waals surface area contributed by atoms with Crippen molar-refractivity contribution in [1.29, 1.82) is 0 Å². The molecule has 2 N–H and O–H groups in total. The molecule has 1 heterocycles. The Hall–Kier alpha value is -1.41. The van der Waals surface area contributed by atoms with Crippen molar-refractivity contribution in [3.63, 3.8) is 0 Å². The summed E-state index contributed by atoms with van der Waals surface area (Å²) >= 11 is 0. The number of nitrogens with zero attached hydrogens (tertiary/aromatic N) is 1. The van der Waals surface area contributed by atoms with E-state index in [0.29, 0.717) is 24.1 Å². The zero-order chi connectivity index (χ0) is 11.0. The van der Waals surface area contributed by atoms with Gasteiger partial charge in [0.15, 0.2) is 0 Å². The number of aryl methyl sites for hydroxylation is 1. The number of rotatable bonds is 0. The fourth-order valence-electron chi connectivity index (χ4n) is 1.63. The van der Waals surface area contributed by atoms with Crippen LogP contribution in [0.2, 0.25) is 0 Å². The summed E-state index contributed by atoms with van der Waals surface area (Å²) in [7, 11) is 2.15. The number of fused-ring (bicyclic) bond motifs is 1. The minimum atomic E-state index is -0.280. The molecule has 1 atom stereocenters. The highest BCUT2D eigenvalue weighted by Gasteiger charge is 2.25. The first kappa shape index (κ1) is 10.1. The number of imide groups is 1. The number of hydrogen-bond acceptors (Lipinski definition) is 3. The van der Waals surface area contributed by atoms with E-state index in [-0.39, 0.29) is 11.8 Å². The number of carbonyl (C=O) groups excluding carboxylic acids is 2. The standard InChI is InChI=1S/C10H11N2O2P/c11-7-2-3-8-6(5-7)1-4-9(13)12(15)10(8)14/h2-3,5H,1,4,11,15H2. The van der Waals surface area contributed by atoms with Gasteiger partial charge in [0.05, 0.1) is 0 Å². The van der Waals surface area contributed by atoms with Crippen LogP contribution >= 0.6 is 9.39 Å². The second-order valence-electron chi connectivity index (χ2n) is 3.49. The van der Waals surface area contributed by atoms with E-state index in [9.17, 15) is 9.59 Å². The van der Waals surface area contributed by atoms with Crippen molar-refractivity contribution in [2.45, 2.75) is 12.8 Å². The Labute approximate surface area is 89.7 Å². The van der Waals surface area contributed by atoms with Gasteiger partial charge < -0.3 is 5.73 Å². The third kappa shape index (κ3) is 1.73. The average Bonchev–Trinajstić information content (AvgIpc) is 2.32. The smallest absolute Gasteiger partial charge is 0.263 e. The van der Waals surface area contributed by atoms with Crippen LogP contribution in [-0.2, 0) is 11.2 Å². The molecule has 0 spiro atoms. The van der Waals surface area contributed by atoms with E-state index >= 15 is 0 Å². The van der Waals surface area contributed by atoms with Gasteiger partial charge >= 0.3 is 0 Å². The highest BCUT2D eigenvalue weighted by Crippen LogP contribution is 2.23. The molecule has 0 bridgehead atoms. The quantitative estimate of drug-likeness (QED) is 0.404. The maximum absolute atomic E-state index is 11.8. The van der Waals surface area contributed by atoms with E-state index in [0.717, 1.165) is 10.2 Å². The van der Waals surface area contributed by atoms with E-state index in [1.54, 1.807) is 18.2 Å². The third-order valence-corrected chi connectivity index (χ3v) is 2.98. The summed E-state index contributed by atoms with van der Waals surface area (Å²) in [6.07, 6.45) is 0.904. The van der Waals surface area contributed by atoms with Crippen molar-refractivity contribution in [3.8, 4) is 0 Å². The van der Waals surface area contributed by atoms with Crippen LogP contribution in [0.1, 0.15) is 22.3 Å². The summed E-state index contributed by atoms with van der Waals surface area (Å²) in [6, 6.07) is 5.10. The van der Waals surface area contributed by atoms with Crippen molar-refractivity contribution in [1.82, 2.24) is 4.67 Å². The number of nitrogen functional groups attached to an aromatic ring is 1. The van der Waals surface area contributed by atoms with Gasteiger partial charge in [0.2, 0.25) is 5.91 Å². The predicted molar refractivity (Wildman–Crippen MR) is 60.1 cm³/mol. The zero-order valence-electron chi connectivity index (χ0n) is 8.06. The number of amides is 2. The Morgan fingerprint density at radius 3 is 2.73 bits per heavy atom.